The lowest BCUT2D eigenvalue weighted by Gasteiger charge is -2.21. The maximum absolute atomic E-state index is 5.94. The minimum Gasteiger partial charge on any atom is -0.459 e. The highest BCUT2D eigenvalue weighted by atomic mass is 16.3. The number of hydrogen-bond acceptors (Lipinski definition) is 3. The lowest BCUT2D eigenvalue weighted by atomic mass is 10.2. The van der Waals surface area contributed by atoms with E-state index in [0.717, 1.165) is 17.9 Å². The Kier molecular flexibility index (Phi) is 3.35. The zero-order valence-electron chi connectivity index (χ0n) is 10.9. The number of benzene rings is 1. The summed E-state index contributed by atoms with van der Waals surface area (Å²) in [6.45, 7) is 3.48. The van der Waals surface area contributed by atoms with Gasteiger partial charge in [0.15, 0.2) is 0 Å². The number of likely N-dealkylation sites (N-methyl/N-ethyl adjacent to an activating group) is 1. The summed E-state index contributed by atoms with van der Waals surface area (Å²) in [4.78, 5) is 2.51. The zero-order valence-corrected chi connectivity index (χ0v) is 10.9. The van der Waals surface area contributed by atoms with Crippen molar-refractivity contribution in [2.24, 2.45) is 0 Å². The minimum atomic E-state index is 0.287. The molecule has 1 saturated heterocycles. The molecule has 1 atom stereocenters. The molecule has 1 aromatic carbocycles. The Bertz CT molecular complexity index is 481. The van der Waals surface area contributed by atoms with E-state index in [-0.39, 0.29) is 6.04 Å². The first-order chi connectivity index (χ1) is 8.86. The lowest BCUT2D eigenvalue weighted by Crippen LogP contribution is -2.31. The smallest absolute Gasteiger partial charge is 0.134 e. The average Bonchev–Trinajstić information content (AvgIpc) is 3.04. The van der Waals surface area contributed by atoms with E-state index in [2.05, 4.69) is 28.4 Å². The predicted octanol–water partition coefficient (Wildman–Crippen LogP) is 2.79. The van der Waals surface area contributed by atoms with Gasteiger partial charge in [0.25, 0.3) is 0 Å². The molecule has 1 unspecified atom stereocenters. The summed E-state index contributed by atoms with van der Waals surface area (Å²) < 4.78 is 5.94. The second kappa shape index (κ2) is 5.12. The van der Waals surface area contributed by atoms with Gasteiger partial charge in [-0.2, -0.15) is 0 Å². The van der Waals surface area contributed by atoms with Crippen LogP contribution in [-0.4, -0.2) is 31.6 Å². The van der Waals surface area contributed by atoms with E-state index in [1.165, 1.54) is 31.3 Å². The Morgan fingerprint density at radius 3 is 2.78 bits per heavy atom. The van der Waals surface area contributed by atoms with Gasteiger partial charge >= 0.3 is 0 Å². The molecule has 1 aliphatic heterocycles. The van der Waals surface area contributed by atoms with E-state index < -0.39 is 0 Å². The summed E-state index contributed by atoms with van der Waals surface area (Å²) >= 11 is 0. The fourth-order valence-electron chi connectivity index (χ4n) is 2.72. The van der Waals surface area contributed by atoms with Crippen molar-refractivity contribution >= 4 is 11.0 Å². The van der Waals surface area contributed by atoms with Crippen molar-refractivity contribution in [3.63, 3.8) is 0 Å². The van der Waals surface area contributed by atoms with Crippen molar-refractivity contribution in [3.05, 3.63) is 36.1 Å². The molecular formula is C15H20N2O. The van der Waals surface area contributed by atoms with Crippen LogP contribution in [0.25, 0.3) is 11.0 Å². The molecule has 18 heavy (non-hydrogen) atoms. The molecule has 1 fully saturated rings. The van der Waals surface area contributed by atoms with Crippen LogP contribution in [0.2, 0.25) is 0 Å². The normalized spacial score (nSPS) is 18.5. The molecule has 1 aliphatic rings. The Morgan fingerprint density at radius 2 is 2.06 bits per heavy atom. The molecule has 0 amide bonds. The van der Waals surface area contributed by atoms with Gasteiger partial charge in [-0.05, 0) is 45.1 Å². The first-order valence-electron chi connectivity index (χ1n) is 6.75. The van der Waals surface area contributed by atoms with Crippen LogP contribution in [-0.2, 0) is 0 Å². The van der Waals surface area contributed by atoms with Crippen molar-refractivity contribution in [1.29, 1.82) is 0 Å². The van der Waals surface area contributed by atoms with E-state index in [9.17, 15) is 0 Å². The van der Waals surface area contributed by atoms with Gasteiger partial charge < -0.3 is 14.6 Å². The molecule has 2 heterocycles. The third-order valence-electron chi connectivity index (χ3n) is 3.78. The van der Waals surface area contributed by atoms with Crippen molar-refractivity contribution < 1.29 is 4.42 Å². The Morgan fingerprint density at radius 1 is 1.28 bits per heavy atom. The lowest BCUT2D eigenvalue weighted by molar-refractivity contribution is 0.281. The first kappa shape index (κ1) is 11.8. The van der Waals surface area contributed by atoms with Crippen molar-refractivity contribution in [1.82, 2.24) is 10.2 Å². The topological polar surface area (TPSA) is 28.4 Å². The number of hydrogen-bond donors (Lipinski definition) is 1. The van der Waals surface area contributed by atoms with Gasteiger partial charge in [-0.15, -0.1) is 0 Å². The van der Waals surface area contributed by atoms with Crippen LogP contribution < -0.4 is 5.32 Å². The van der Waals surface area contributed by atoms with Crippen molar-refractivity contribution in [2.45, 2.75) is 18.9 Å². The maximum Gasteiger partial charge on any atom is 0.134 e. The van der Waals surface area contributed by atoms with Crippen LogP contribution in [0.4, 0.5) is 0 Å². The van der Waals surface area contributed by atoms with Gasteiger partial charge in [0.05, 0.1) is 6.04 Å². The second-order valence-corrected chi connectivity index (χ2v) is 5.04. The number of fused-ring (bicyclic) bond motifs is 1. The number of likely N-dealkylation sites (tertiary alicyclic amines) is 1. The second-order valence-electron chi connectivity index (χ2n) is 5.04. The van der Waals surface area contributed by atoms with Crippen LogP contribution >= 0.6 is 0 Å². The highest BCUT2D eigenvalue weighted by molar-refractivity contribution is 5.77. The van der Waals surface area contributed by atoms with E-state index in [0.29, 0.717) is 0 Å². The average molecular weight is 244 g/mol. The monoisotopic (exact) mass is 244 g/mol. The van der Waals surface area contributed by atoms with Gasteiger partial charge in [-0.25, -0.2) is 0 Å². The molecule has 96 valence electrons. The molecule has 0 radical (unpaired) electrons. The molecule has 0 bridgehead atoms. The molecule has 1 N–H and O–H groups in total. The minimum absolute atomic E-state index is 0.287. The van der Waals surface area contributed by atoms with E-state index in [4.69, 9.17) is 4.42 Å². The van der Waals surface area contributed by atoms with Crippen LogP contribution in [0, 0.1) is 0 Å². The molecule has 3 rings (SSSR count). The van der Waals surface area contributed by atoms with Gasteiger partial charge in [0.2, 0.25) is 0 Å². The fraction of sp³-hybridized carbons (Fsp3) is 0.467. The van der Waals surface area contributed by atoms with Gasteiger partial charge in [-0.1, -0.05) is 18.2 Å². The number of nitrogens with one attached hydrogen (secondary N) is 1. The Labute approximate surface area is 108 Å². The van der Waals surface area contributed by atoms with Crippen LogP contribution in [0.15, 0.2) is 34.7 Å². The number of furan rings is 1. The predicted molar refractivity (Wildman–Crippen MR) is 73.7 cm³/mol. The van der Waals surface area contributed by atoms with Gasteiger partial charge in [0, 0.05) is 11.9 Å². The van der Waals surface area contributed by atoms with Gasteiger partial charge in [-0.3, -0.25) is 0 Å². The molecule has 3 nitrogen and oxygen atoms in total. The molecule has 0 saturated carbocycles. The van der Waals surface area contributed by atoms with Crippen LogP contribution in [0.3, 0.4) is 0 Å². The molecular weight excluding hydrogens is 224 g/mol. The van der Waals surface area contributed by atoms with Crippen molar-refractivity contribution in [3.8, 4) is 0 Å². The highest BCUT2D eigenvalue weighted by Gasteiger charge is 2.20. The Hall–Kier alpha value is -1.32. The number of rotatable bonds is 4. The summed E-state index contributed by atoms with van der Waals surface area (Å²) in [5.74, 6) is 1.05. The van der Waals surface area contributed by atoms with Crippen molar-refractivity contribution in [2.75, 3.05) is 26.7 Å². The summed E-state index contributed by atoms with van der Waals surface area (Å²) in [5.41, 5.74) is 0.981. The number of nitrogens with zero attached hydrogens (tertiary/aromatic N) is 1. The maximum atomic E-state index is 5.94. The first-order valence-corrected chi connectivity index (χ1v) is 6.75. The number of para-hydroxylation sites is 1. The highest BCUT2D eigenvalue weighted by Crippen LogP contribution is 2.25. The third-order valence-corrected chi connectivity index (χ3v) is 3.78. The third kappa shape index (κ3) is 2.28. The molecule has 0 spiro atoms. The summed E-state index contributed by atoms with van der Waals surface area (Å²) in [5, 5.41) is 4.56. The van der Waals surface area contributed by atoms with E-state index in [1.807, 2.05) is 19.2 Å². The molecule has 3 heteroatoms. The summed E-state index contributed by atoms with van der Waals surface area (Å²) in [7, 11) is 2.01. The fourth-order valence-corrected chi connectivity index (χ4v) is 2.72. The van der Waals surface area contributed by atoms with E-state index in [1.54, 1.807) is 0 Å². The standard InChI is InChI=1S/C15H20N2O/c1-16-13(11-17-8-4-5-9-17)15-10-12-6-2-3-7-14(12)18-15/h2-3,6-7,10,13,16H,4-5,8-9,11H2,1H3. The van der Waals surface area contributed by atoms with Gasteiger partial charge in [0.1, 0.15) is 11.3 Å². The Balaban J connectivity index is 1.81. The summed E-state index contributed by atoms with van der Waals surface area (Å²) in [6, 6.07) is 10.6. The SMILES string of the molecule is CNC(CN1CCCC1)c1cc2ccccc2o1. The zero-order chi connectivity index (χ0) is 12.4. The molecule has 0 aliphatic carbocycles. The molecule has 1 aromatic heterocycles. The van der Waals surface area contributed by atoms with Crippen LogP contribution in [0.1, 0.15) is 24.6 Å². The quantitative estimate of drug-likeness (QED) is 0.896. The summed E-state index contributed by atoms with van der Waals surface area (Å²) in [6.07, 6.45) is 2.66. The largest absolute Gasteiger partial charge is 0.459 e. The van der Waals surface area contributed by atoms with E-state index >= 15 is 0 Å². The van der Waals surface area contributed by atoms with Crippen LogP contribution in [0.5, 0.6) is 0 Å². The molecule has 2 aromatic rings.